The molecule has 0 unspecified atom stereocenters. The second kappa shape index (κ2) is 14.9. The molecule has 7 rings (SSSR count). The molecule has 1 heterocycles. The Morgan fingerprint density at radius 2 is 1.18 bits per heavy atom. The molecule has 3 aromatic rings. The summed E-state index contributed by atoms with van der Waals surface area (Å²) in [5, 5.41) is 2.12. The predicted molar refractivity (Wildman–Crippen MR) is 162 cm³/mol. The molecule has 0 amide bonds. The molecule has 4 aliphatic rings. The molecule has 2 heteroatoms. The third-order valence-electron chi connectivity index (χ3n) is 7.25. The summed E-state index contributed by atoms with van der Waals surface area (Å²) < 4.78 is 0. The van der Waals surface area contributed by atoms with Crippen molar-refractivity contribution in [2.75, 3.05) is 0 Å². The minimum atomic E-state index is 0. The average Bonchev–Trinajstić information content (AvgIpc) is 3.77. The van der Waals surface area contributed by atoms with Gasteiger partial charge in [-0.3, -0.25) is 0 Å². The maximum atomic E-state index is 3.76. The van der Waals surface area contributed by atoms with Gasteiger partial charge in [-0.15, -0.1) is 24.3 Å². The van der Waals surface area contributed by atoms with Crippen LogP contribution in [0.4, 0.5) is 0 Å². The van der Waals surface area contributed by atoms with Crippen LogP contribution in [0.2, 0.25) is 0 Å². The summed E-state index contributed by atoms with van der Waals surface area (Å²) >= 11 is 1.76. The van der Waals surface area contributed by atoms with Crippen LogP contribution in [0.15, 0.2) is 71.1 Å². The zero-order chi connectivity index (χ0) is 26.2. The van der Waals surface area contributed by atoms with Crippen molar-refractivity contribution < 1.29 is 26.2 Å². The van der Waals surface area contributed by atoms with E-state index in [1.165, 1.54) is 56.7 Å². The zero-order valence-corrected chi connectivity index (χ0v) is 26.1. The Bertz CT molecular complexity index is 1210. The number of fused-ring (bicyclic) bond motifs is 3. The summed E-state index contributed by atoms with van der Waals surface area (Å²) in [5.74, 6) is 0. The molecular formula is C37H34SZr. The van der Waals surface area contributed by atoms with E-state index in [0.717, 1.165) is 12.8 Å². The normalized spacial score (nSPS) is 20.8. The summed E-state index contributed by atoms with van der Waals surface area (Å²) in [6.07, 6.45) is 32.1. The van der Waals surface area contributed by atoms with Gasteiger partial charge in [-0.2, -0.15) is 16.9 Å². The Hall–Kier alpha value is -1.50. The van der Waals surface area contributed by atoms with Gasteiger partial charge in [-0.05, 0) is 86.3 Å². The van der Waals surface area contributed by atoms with Crippen molar-refractivity contribution in [3.05, 3.63) is 169 Å². The SMILES string of the molecule is CC1(C)c2ccccc2-c2ccc([C-]=C3CCCCC3=[C-]c3cccs3)cc21.[CH]1[CH][CH][CH][CH]1.[CH]1[CH][CH][CH][CH]1.[Zr+2]. The van der Waals surface area contributed by atoms with Crippen molar-refractivity contribution in [3.63, 3.8) is 0 Å². The first kappa shape index (κ1) is 30.5. The number of rotatable bonds is 2. The summed E-state index contributed by atoms with van der Waals surface area (Å²) in [6, 6.07) is 20.0. The van der Waals surface area contributed by atoms with Crippen LogP contribution in [0.1, 0.15) is 61.1 Å². The largest absolute Gasteiger partial charge is 2.00 e. The Morgan fingerprint density at radius 3 is 1.77 bits per heavy atom. The van der Waals surface area contributed by atoms with E-state index in [2.05, 4.69) is 86.0 Å². The smallest absolute Gasteiger partial charge is 0.229 e. The number of hydrogen-bond donors (Lipinski definition) is 0. The second-order valence-corrected chi connectivity index (χ2v) is 11.2. The van der Waals surface area contributed by atoms with Crippen molar-refractivity contribution in [1.29, 1.82) is 0 Å². The van der Waals surface area contributed by atoms with E-state index in [9.17, 15) is 0 Å². The van der Waals surface area contributed by atoms with Crippen LogP contribution in [-0.2, 0) is 31.6 Å². The van der Waals surface area contributed by atoms with Gasteiger partial charge in [0.2, 0.25) is 0 Å². The van der Waals surface area contributed by atoms with Crippen molar-refractivity contribution in [2.45, 2.75) is 44.9 Å². The van der Waals surface area contributed by atoms with Crippen LogP contribution < -0.4 is 0 Å². The fraction of sp³-hybridized carbons (Fsp3) is 0.189. The van der Waals surface area contributed by atoms with Gasteiger partial charge in [-0.1, -0.05) is 80.3 Å². The fourth-order valence-corrected chi connectivity index (χ4v) is 5.92. The van der Waals surface area contributed by atoms with Gasteiger partial charge in [0.25, 0.3) is 0 Å². The van der Waals surface area contributed by atoms with E-state index >= 15 is 0 Å². The number of thiophene rings is 1. The summed E-state index contributed by atoms with van der Waals surface area (Å²) in [5.41, 5.74) is 9.53. The molecule has 0 N–H and O–H groups in total. The van der Waals surface area contributed by atoms with Crippen LogP contribution in [-0.4, -0.2) is 0 Å². The Labute approximate surface area is 261 Å². The van der Waals surface area contributed by atoms with E-state index < -0.39 is 0 Å². The molecule has 0 spiro atoms. The molecule has 1 aromatic heterocycles. The van der Waals surface area contributed by atoms with Crippen LogP contribution in [0, 0.1) is 76.4 Å². The van der Waals surface area contributed by atoms with Gasteiger partial charge >= 0.3 is 26.2 Å². The molecule has 39 heavy (non-hydrogen) atoms. The van der Waals surface area contributed by atoms with Crippen LogP contribution >= 0.6 is 11.3 Å². The molecule has 4 aliphatic carbocycles. The van der Waals surface area contributed by atoms with Crippen molar-refractivity contribution in [3.8, 4) is 11.1 Å². The van der Waals surface area contributed by atoms with E-state index in [4.69, 9.17) is 0 Å². The number of hydrogen-bond acceptors (Lipinski definition) is 1. The zero-order valence-electron chi connectivity index (χ0n) is 22.8. The number of allylic oxidation sites excluding steroid dienone is 2. The predicted octanol–water partition coefficient (Wildman–Crippen LogP) is 9.52. The van der Waals surface area contributed by atoms with Gasteiger partial charge in [0.15, 0.2) is 0 Å². The van der Waals surface area contributed by atoms with Gasteiger partial charge < -0.3 is 0 Å². The molecule has 10 radical (unpaired) electrons. The maximum absolute atomic E-state index is 3.76. The Kier molecular flexibility index (Phi) is 11.7. The third kappa shape index (κ3) is 7.83. The monoisotopic (exact) mass is 600 g/mol. The van der Waals surface area contributed by atoms with Crippen LogP contribution in [0.25, 0.3) is 11.1 Å². The molecule has 0 saturated heterocycles. The molecule has 0 aliphatic heterocycles. The fourth-order valence-electron chi connectivity index (χ4n) is 5.28. The first-order valence-corrected chi connectivity index (χ1v) is 14.4. The quantitative estimate of drug-likeness (QED) is 0.257. The molecular weight excluding hydrogens is 568 g/mol. The van der Waals surface area contributed by atoms with E-state index in [0.29, 0.717) is 0 Å². The molecule has 0 bridgehead atoms. The van der Waals surface area contributed by atoms with Gasteiger partial charge in [0.05, 0.1) is 0 Å². The molecule has 3 fully saturated rings. The summed E-state index contributed by atoms with van der Waals surface area (Å²) in [4.78, 5) is 1.22. The first-order chi connectivity index (χ1) is 18.6. The summed E-state index contributed by atoms with van der Waals surface area (Å²) in [6.45, 7) is 4.68. The van der Waals surface area contributed by atoms with Gasteiger partial charge in [0.1, 0.15) is 0 Å². The van der Waals surface area contributed by atoms with E-state index in [1.54, 1.807) is 11.3 Å². The van der Waals surface area contributed by atoms with Crippen molar-refractivity contribution >= 4 is 11.3 Å². The van der Waals surface area contributed by atoms with Gasteiger partial charge in [-0.25, -0.2) is 23.3 Å². The maximum Gasteiger partial charge on any atom is 2.00 e. The second-order valence-electron chi connectivity index (χ2n) is 10.2. The molecule has 2 aromatic carbocycles. The molecule has 192 valence electrons. The standard InChI is InChI=1S/C27H24S.2C5H5.Zr/c1-27(2)25-12-6-5-11-23(25)24-14-13-19(17-26(24)27)16-20-8-3-4-9-21(20)18-22-10-7-15-28-22;2*1-2-4-5-3-1;/h5-7,10-15,17H,3-4,8-9H2,1-2H3;2*1-5H;/q-2;;;+2. The van der Waals surface area contributed by atoms with E-state index in [1.807, 2.05) is 64.2 Å². The Morgan fingerprint density at radius 1 is 0.615 bits per heavy atom. The van der Waals surface area contributed by atoms with Crippen LogP contribution in [0.3, 0.4) is 0 Å². The average molecular weight is 602 g/mol. The van der Waals surface area contributed by atoms with Crippen LogP contribution in [0.5, 0.6) is 0 Å². The summed E-state index contributed by atoms with van der Waals surface area (Å²) in [7, 11) is 0. The number of benzene rings is 2. The van der Waals surface area contributed by atoms with Crippen molar-refractivity contribution in [2.24, 2.45) is 0 Å². The minimum absolute atomic E-state index is 0. The minimum Gasteiger partial charge on any atom is -0.229 e. The Balaban J connectivity index is 0.000000269. The first-order valence-electron chi connectivity index (χ1n) is 13.5. The molecule has 0 atom stereocenters. The topological polar surface area (TPSA) is 0 Å². The molecule has 0 nitrogen and oxygen atoms in total. The van der Waals surface area contributed by atoms with Gasteiger partial charge in [0, 0.05) is 5.41 Å². The van der Waals surface area contributed by atoms with Crippen molar-refractivity contribution in [1.82, 2.24) is 0 Å². The third-order valence-corrected chi connectivity index (χ3v) is 8.04. The molecule has 3 saturated carbocycles. The van der Waals surface area contributed by atoms with E-state index in [-0.39, 0.29) is 31.6 Å².